The zero-order valence-electron chi connectivity index (χ0n) is 26.5. The molecule has 0 unspecified atom stereocenters. The van der Waals surface area contributed by atoms with Crippen LogP contribution in [0.4, 0.5) is 4.39 Å². The van der Waals surface area contributed by atoms with Gasteiger partial charge in [-0.3, -0.25) is 19.2 Å². The van der Waals surface area contributed by atoms with Gasteiger partial charge in [0.05, 0.1) is 45.2 Å². The monoisotopic (exact) mass is 659 g/mol. The molecule has 0 saturated carbocycles. The van der Waals surface area contributed by atoms with Gasteiger partial charge >= 0.3 is 11.9 Å². The molecular weight excluding hydrogens is 621 g/mol. The van der Waals surface area contributed by atoms with Crippen LogP contribution in [0.15, 0.2) is 24.3 Å². The Kier molecular flexibility index (Phi) is 11.1. The lowest BCUT2D eigenvalue weighted by Gasteiger charge is -2.20. The number of rotatable bonds is 15. The van der Waals surface area contributed by atoms with Gasteiger partial charge in [0.25, 0.3) is 0 Å². The second-order valence-electron chi connectivity index (χ2n) is 11.7. The molecule has 1 aromatic heterocycles. The summed E-state index contributed by atoms with van der Waals surface area (Å²) in [4.78, 5) is 49.9. The molecule has 1 aliphatic rings. The molecule has 2 heterocycles. The van der Waals surface area contributed by atoms with Crippen LogP contribution >= 0.6 is 11.3 Å². The van der Waals surface area contributed by atoms with Crippen LogP contribution in [0, 0.1) is 5.82 Å². The maximum atomic E-state index is 15.4. The predicted molar refractivity (Wildman–Crippen MR) is 167 cm³/mol. The van der Waals surface area contributed by atoms with Crippen molar-refractivity contribution in [2.45, 2.75) is 71.6 Å². The van der Waals surface area contributed by atoms with Gasteiger partial charge in [-0.1, -0.05) is 0 Å². The molecule has 3 aromatic rings. The Morgan fingerprint density at radius 2 is 1.52 bits per heavy atom. The fraction of sp³-hybridized carbons (Fsp3) is 0.455. The van der Waals surface area contributed by atoms with Crippen molar-refractivity contribution in [1.82, 2.24) is 4.90 Å². The summed E-state index contributed by atoms with van der Waals surface area (Å²) in [6.07, 6.45) is -0.0263. The van der Waals surface area contributed by atoms with Crippen LogP contribution in [0.25, 0.3) is 10.1 Å². The van der Waals surface area contributed by atoms with Gasteiger partial charge in [-0.25, -0.2) is 4.39 Å². The zero-order chi connectivity index (χ0) is 33.6. The van der Waals surface area contributed by atoms with Gasteiger partial charge in [0.2, 0.25) is 5.91 Å². The third-order valence-electron chi connectivity index (χ3n) is 7.06. The molecule has 0 spiro atoms. The molecule has 0 saturated heterocycles. The molecule has 1 N–H and O–H groups in total. The second kappa shape index (κ2) is 14.8. The number of halogens is 1. The number of Topliss-reactive ketones (excluding diaryl/α,β-unsaturated/α-hetero) is 1. The fourth-order valence-electron chi connectivity index (χ4n) is 4.90. The first-order valence-corrected chi connectivity index (χ1v) is 15.6. The van der Waals surface area contributed by atoms with E-state index >= 15 is 4.39 Å². The molecule has 1 amide bonds. The van der Waals surface area contributed by atoms with E-state index in [0.29, 0.717) is 35.7 Å². The Hall–Kier alpha value is -4.39. The molecular formula is C33H38FNO10S. The van der Waals surface area contributed by atoms with Gasteiger partial charge in [0.1, 0.15) is 5.60 Å². The number of carboxylic acid groups (broad SMARTS) is 1. The summed E-state index contributed by atoms with van der Waals surface area (Å²) < 4.78 is 43.8. The average molecular weight is 660 g/mol. The summed E-state index contributed by atoms with van der Waals surface area (Å²) in [7, 11) is 2.91. The molecule has 2 aromatic carbocycles. The number of ketones is 1. The van der Waals surface area contributed by atoms with Crippen molar-refractivity contribution in [3.05, 3.63) is 46.1 Å². The summed E-state index contributed by atoms with van der Waals surface area (Å²) in [6.45, 7) is 6.43. The molecule has 1 aliphatic heterocycles. The topological polar surface area (TPSA) is 138 Å². The number of carbonyl (C=O) groups is 4. The van der Waals surface area contributed by atoms with E-state index in [-0.39, 0.29) is 72.3 Å². The van der Waals surface area contributed by atoms with Crippen molar-refractivity contribution >= 4 is 45.1 Å². The summed E-state index contributed by atoms with van der Waals surface area (Å²) in [5.41, 5.74) is 1.23. The zero-order valence-corrected chi connectivity index (χ0v) is 27.3. The number of amides is 1. The minimum Gasteiger partial charge on any atom is -0.493 e. The number of nitrogens with zero attached hydrogens (tertiary/aromatic N) is 1. The summed E-state index contributed by atoms with van der Waals surface area (Å²) >= 11 is 1.07. The van der Waals surface area contributed by atoms with Gasteiger partial charge in [0.15, 0.2) is 34.6 Å². The van der Waals surface area contributed by atoms with Crippen LogP contribution in [-0.2, 0) is 32.2 Å². The molecule has 0 fully saturated rings. The lowest BCUT2D eigenvalue weighted by atomic mass is 10.1. The minimum atomic E-state index is -1.08. The maximum Gasteiger partial charge on any atom is 0.306 e. The normalized spacial score (nSPS) is 12.5. The number of benzene rings is 2. The number of thiophene rings is 1. The van der Waals surface area contributed by atoms with Crippen molar-refractivity contribution < 1.29 is 52.4 Å². The van der Waals surface area contributed by atoms with Crippen molar-refractivity contribution in [3.8, 4) is 23.0 Å². The van der Waals surface area contributed by atoms with E-state index in [2.05, 4.69) is 0 Å². The molecule has 4 rings (SSSR count). The standard InChI is InChI=1S/C33H38FNO10S/c1-33(2,3)45-30(40)10-8-28(37)35-17-19-13-23(41-4)24(14-20(19)18-35)43-11-6-12-44-32-25(42-5)16-26-21(31(32)34)15-27(46-26)22(36)7-9-29(38)39/h13-16H,6-12,17-18H2,1-5H3,(H,38,39). The summed E-state index contributed by atoms with van der Waals surface area (Å²) in [5, 5.41) is 9.04. The van der Waals surface area contributed by atoms with E-state index in [1.54, 1.807) is 31.7 Å². The maximum absolute atomic E-state index is 15.4. The highest BCUT2D eigenvalue weighted by molar-refractivity contribution is 7.20. The van der Waals surface area contributed by atoms with Gasteiger partial charge in [-0.15, -0.1) is 11.3 Å². The highest BCUT2D eigenvalue weighted by Crippen LogP contribution is 2.40. The molecule has 0 bridgehead atoms. The smallest absolute Gasteiger partial charge is 0.306 e. The highest BCUT2D eigenvalue weighted by atomic mass is 32.1. The van der Waals surface area contributed by atoms with Crippen molar-refractivity contribution in [2.24, 2.45) is 0 Å². The molecule has 11 nitrogen and oxygen atoms in total. The highest BCUT2D eigenvalue weighted by Gasteiger charge is 2.27. The Balaban J connectivity index is 1.33. The largest absolute Gasteiger partial charge is 0.493 e. The SMILES string of the molecule is COc1cc2c(cc1OCCCOc1c(OC)cc3sc(C(=O)CCC(=O)O)cc3c1F)CN(C(=O)CCC(=O)OC(C)(C)C)C2. The fourth-order valence-corrected chi connectivity index (χ4v) is 5.95. The Labute approximate surface area is 270 Å². The first-order valence-electron chi connectivity index (χ1n) is 14.8. The number of aliphatic carboxylic acids is 1. The lowest BCUT2D eigenvalue weighted by molar-refractivity contribution is -0.156. The van der Waals surface area contributed by atoms with E-state index in [0.717, 1.165) is 22.5 Å². The summed E-state index contributed by atoms with van der Waals surface area (Å²) in [5.74, 6) is -1.61. The van der Waals surface area contributed by atoms with Crippen LogP contribution in [0.5, 0.6) is 23.0 Å². The van der Waals surface area contributed by atoms with Crippen LogP contribution in [0.1, 0.15) is 73.7 Å². The first-order chi connectivity index (χ1) is 21.8. The third-order valence-corrected chi connectivity index (χ3v) is 8.18. The van der Waals surface area contributed by atoms with Crippen LogP contribution < -0.4 is 18.9 Å². The Bertz CT molecular complexity index is 1630. The van der Waals surface area contributed by atoms with E-state index in [1.807, 2.05) is 12.1 Å². The van der Waals surface area contributed by atoms with Gasteiger partial charge in [-0.2, -0.15) is 0 Å². The van der Waals surface area contributed by atoms with Crippen molar-refractivity contribution in [1.29, 1.82) is 0 Å². The average Bonchev–Trinajstić information content (AvgIpc) is 3.62. The van der Waals surface area contributed by atoms with E-state index < -0.39 is 23.4 Å². The molecule has 248 valence electrons. The van der Waals surface area contributed by atoms with E-state index in [9.17, 15) is 19.2 Å². The van der Waals surface area contributed by atoms with Crippen molar-refractivity contribution in [2.75, 3.05) is 27.4 Å². The van der Waals surface area contributed by atoms with E-state index in [4.69, 9.17) is 28.8 Å². The molecule has 46 heavy (non-hydrogen) atoms. The van der Waals surface area contributed by atoms with Gasteiger partial charge < -0.3 is 33.7 Å². The van der Waals surface area contributed by atoms with Crippen LogP contribution in [-0.4, -0.2) is 66.7 Å². The number of esters is 1. The minimum absolute atomic E-state index is 0.00883. The number of hydrogen-bond donors (Lipinski definition) is 1. The Morgan fingerprint density at radius 1 is 0.870 bits per heavy atom. The number of hydrogen-bond acceptors (Lipinski definition) is 10. The lowest BCUT2D eigenvalue weighted by Crippen LogP contribution is -2.28. The van der Waals surface area contributed by atoms with Gasteiger partial charge in [-0.05, 0) is 50.1 Å². The van der Waals surface area contributed by atoms with E-state index in [1.165, 1.54) is 20.3 Å². The van der Waals surface area contributed by atoms with Gasteiger partial charge in [0, 0.05) is 48.5 Å². The Morgan fingerprint density at radius 3 is 2.15 bits per heavy atom. The molecule has 13 heteroatoms. The molecule has 0 aliphatic carbocycles. The first kappa shape index (κ1) is 34.5. The third kappa shape index (κ3) is 8.65. The number of carboxylic acids is 1. The van der Waals surface area contributed by atoms with Crippen LogP contribution in [0.3, 0.4) is 0 Å². The molecule has 0 atom stereocenters. The summed E-state index contributed by atoms with van der Waals surface area (Å²) in [6, 6.07) is 6.66. The number of methoxy groups -OCH3 is 2. The number of fused-ring (bicyclic) bond motifs is 2. The number of carbonyl (C=O) groups excluding carboxylic acids is 3. The second-order valence-corrected chi connectivity index (χ2v) is 12.8. The number of ether oxygens (including phenoxy) is 5. The predicted octanol–water partition coefficient (Wildman–Crippen LogP) is 5.92. The van der Waals surface area contributed by atoms with Crippen molar-refractivity contribution in [3.63, 3.8) is 0 Å². The quantitative estimate of drug-likeness (QED) is 0.119. The van der Waals surface area contributed by atoms with Crippen LogP contribution in [0.2, 0.25) is 0 Å². The molecule has 0 radical (unpaired) electrons.